The molecule has 0 heterocycles. The lowest BCUT2D eigenvalue weighted by molar-refractivity contribution is 0.373. The van der Waals surface area contributed by atoms with Gasteiger partial charge in [-0.2, -0.15) is 0 Å². The van der Waals surface area contributed by atoms with Gasteiger partial charge >= 0.3 is 0 Å². The molecular weight excluding hydrogens is 176 g/mol. The minimum atomic E-state index is 0.613. The Labute approximate surface area is 79.3 Å². The first-order valence-electron chi connectivity index (χ1n) is 3.66. The van der Waals surface area contributed by atoms with E-state index in [0.29, 0.717) is 10.2 Å². The molecular formula is C8H14OS2. The van der Waals surface area contributed by atoms with Crippen LogP contribution in [0.1, 0.15) is 26.7 Å². The number of thiol groups is 2. The predicted octanol–water partition coefficient (Wildman–Crippen LogP) is 3.37. The fourth-order valence-electron chi connectivity index (χ4n) is 0.540. The second-order valence-electron chi connectivity index (χ2n) is 2.00. The van der Waals surface area contributed by atoms with Crippen molar-refractivity contribution < 1.29 is 4.74 Å². The Kier molecular flexibility index (Phi) is 6.66. The van der Waals surface area contributed by atoms with Crippen molar-refractivity contribution >= 4 is 25.3 Å². The Balaban J connectivity index is 3.84. The fourth-order valence-corrected chi connectivity index (χ4v) is 1.17. The molecule has 0 aliphatic carbocycles. The van der Waals surface area contributed by atoms with E-state index in [1.807, 2.05) is 26.0 Å². The van der Waals surface area contributed by atoms with Crippen LogP contribution < -0.4 is 0 Å². The van der Waals surface area contributed by atoms with Crippen LogP contribution in [0, 0.1) is 0 Å². The monoisotopic (exact) mass is 190 g/mol. The summed E-state index contributed by atoms with van der Waals surface area (Å²) in [6.07, 6.45) is 5.63. The topological polar surface area (TPSA) is 9.23 Å². The molecule has 0 aromatic rings. The lowest BCUT2D eigenvalue weighted by Crippen LogP contribution is -1.80. The van der Waals surface area contributed by atoms with Crippen LogP contribution in [0.3, 0.4) is 0 Å². The molecule has 1 nitrogen and oxygen atoms in total. The minimum absolute atomic E-state index is 0.613. The molecule has 0 fully saturated rings. The van der Waals surface area contributed by atoms with Crippen LogP contribution in [0.25, 0.3) is 0 Å². The summed E-state index contributed by atoms with van der Waals surface area (Å²) in [7, 11) is 0. The number of ether oxygens (including phenoxy) is 1. The van der Waals surface area contributed by atoms with E-state index >= 15 is 0 Å². The molecule has 0 atom stereocenters. The smallest absolute Gasteiger partial charge is 0.154 e. The van der Waals surface area contributed by atoms with Gasteiger partial charge in [0.1, 0.15) is 0 Å². The zero-order valence-corrected chi connectivity index (χ0v) is 8.66. The standard InChI is InChI=1S/C8H14OS2/c1-3-5-7(10)9-8(11)6-4-2/h5-6,10-11H,3-4H2,1-2H3/b7-5-,8-6-. The number of hydrogen-bond acceptors (Lipinski definition) is 3. The van der Waals surface area contributed by atoms with Crippen LogP contribution >= 0.6 is 25.3 Å². The van der Waals surface area contributed by atoms with Crippen molar-refractivity contribution in [1.29, 1.82) is 0 Å². The molecule has 0 unspecified atom stereocenters. The minimum Gasteiger partial charge on any atom is -0.445 e. The second-order valence-corrected chi connectivity index (χ2v) is 2.88. The zero-order chi connectivity index (χ0) is 8.69. The maximum absolute atomic E-state index is 5.18. The summed E-state index contributed by atoms with van der Waals surface area (Å²) >= 11 is 8.18. The molecule has 0 radical (unpaired) electrons. The Morgan fingerprint density at radius 2 is 1.45 bits per heavy atom. The van der Waals surface area contributed by atoms with Crippen molar-refractivity contribution in [2.45, 2.75) is 26.7 Å². The van der Waals surface area contributed by atoms with Gasteiger partial charge in [-0.1, -0.05) is 13.8 Å². The molecule has 0 aromatic carbocycles. The molecule has 0 bridgehead atoms. The normalized spacial score (nSPS) is 13.5. The van der Waals surface area contributed by atoms with Gasteiger partial charge in [0.25, 0.3) is 0 Å². The number of rotatable bonds is 4. The molecule has 0 N–H and O–H groups in total. The third-order valence-electron chi connectivity index (χ3n) is 0.967. The van der Waals surface area contributed by atoms with E-state index in [0.717, 1.165) is 12.8 Å². The first kappa shape index (κ1) is 11.0. The molecule has 3 heteroatoms. The molecule has 0 saturated heterocycles. The summed E-state index contributed by atoms with van der Waals surface area (Å²) in [5.41, 5.74) is 0. The van der Waals surface area contributed by atoms with Gasteiger partial charge in [0.2, 0.25) is 0 Å². The molecule has 11 heavy (non-hydrogen) atoms. The molecule has 64 valence electrons. The van der Waals surface area contributed by atoms with Gasteiger partial charge < -0.3 is 4.74 Å². The van der Waals surface area contributed by atoms with Crippen molar-refractivity contribution in [2.75, 3.05) is 0 Å². The average molecular weight is 190 g/mol. The third-order valence-corrected chi connectivity index (χ3v) is 1.51. The summed E-state index contributed by atoms with van der Waals surface area (Å²) in [6.45, 7) is 4.06. The van der Waals surface area contributed by atoms with E-state index in [1.165, 1.54) is 0 Å². The van der Waals surface area contributed by atoms with Crippen molar-refractivity contribution in [1.82, 2.24) is 0 Å². The Bertz CT molecular complexity index is 143. The lowest BCUT2D eigenvalue weighted by atomic mass is 10.5. The molecule has 0 aliphatic heterocycles. The highest BCUT2D eigenvalue weighted by atomic mass is 32.1. The molecule has 0 saturated carbocycles. The van der Waals surface area contributed by atoms with E-state index in [9.17, 15) is 0 Å². The summed E-state index contributed by atoms with van der Waals surface area (Å²) in [5.74, 6) is 0. The van der Waals surface area contributed by atoms with Crippen molar-refractivity contribution in [3.05, 3.63) is 22.3 Å². The highest BCUT2D eigenvalue weighted by Crippen LogP contribution is 2.13. The fraction of sp³-hybridized carbons (Fsp3) is 0.500. The predicted molar refractivity (Wildman–Crippen MR) is 55.8 cm³/mol. The van der Waals surface area contributed by atoms with Crippen molar-refractivity contribution in [3.8, 4) is 0 Å². The van der Waals surface area contributed by atoms with Crippen molar-refractivity contribution in [2.24, 2.45) is 0 Å². The van der Waals surface area contributed by atoms with Crippen LogP contribution in [-0.2, 0) is 4.74 Å². The maximum Gasteiger partial charge on any atom is 0.154 e. The SMILES string of the molecule is CC/C=C(\S)O/C(S)=C/CC. The molecule has 0 amide bonds. The number of allylic oxidation sites excluding steroid dienone is 2. The van der Waals surface area contributed by atoms with Crippen LogP contribution in [0.15, 0.2) is 22.3 Å². The Hall–Kier alpha value is -0.0200. The highest BCUT2D eigenvalue weighted by Gasteiger charge is 1.91. The van der Waals surface area contributed by atoms with Crippen LogP contribution in [0.4, 0.5) is 0 Å². The summed E-state index contributed by atoms with van der Waals surface area (Å²) < 4.78 is 5.18. The molecule has 0 aliphatic rings. The van der Waals surface area contributed by atoms with E-state index < -0.39 is 0 Å². The maximum atomic E-state index is 5.18. The quantitative estimate of drug-likeness (QED) is 0.510. The van der Waals surface area contributed by atoms with Gasteiger partial charge in [0, 0.05) is 0 Å². The number of hydrogen-bond donors (Lipinski definition) is 2. The average Bonchev–Trinajstić information content (AvgIpc) is 1.87. The third kappa shape index (κ3) is 6.38. The molecule has 0 aromatic heterocycles. The van der Waals surface area contributed by atoms with Gasteiger partial charge in [-0.15, -0.1) is 25.3 Å². The first-order valence-corrected chi connectivity index (χ1v) is 4.56. The molecule has 0 rings (SSSR count). The Morgan fingerprint density at radius 1 is 1.09 bits per heavy atom. The van der Waals surface area contributed by atoms with Gasteiger partial charge in [-0.25, -0.2) is 0 Å². The van der Waals surface area contributed by atoms with Crippen LogP contribution in [0.5, 0.6) is 0 Å². The summed E-state index contributed by atoms with van der Waals surface area (Å²) in [5, 5.41) is 1.23. The van der Waals surface area contributed by atoms with E-state index in [-0.39, 0.29) is 0 Å². The van der Waals surface area contributed by atoms with E-state index in [2.05, 4.69) is 25.3 Å². The van der Waals surface area contributed by atoms with Gasteiger partial charge in [0.05, 0.1) is 0 Å². The van der Waals surface area contributed by atoms with E-state index in [4.69, 9.17) is 4.74 Å². The second kappa shape index (κ2) is 6.68. The van der Waals surface area contributed by atoms with Gasteiger partial charge in [0.15, 0.2) is 10.2 Å². The Morgan fingerprint density at radius 3 is 1.73 bits per heavy atom. The van der Waals surface area contributed by atoms with Crippen molar-refractivity contribution in [3.63, 3.8) is 0 Å². The zero-order valence-electron chi connectivity index (χ0n) is 6.87. The van der Waals surface area contributed by atoms with Crippen LogP contribution in [0.2, 0.25) is 0 Å². The largest absolute Gasteiger partial charge is 0.445 e. The highest BCUT2D eigenvalue weighted by molar-refractivity contribution is 7.85. The van der Waals surface area contributed by atoms with E-state index in [1.54, 1.807) is 0 Å². The first-order chi connectivity index (χ1) is 5.20. The summed E-state index contributed by atoms with van der Waals surface area (Å²) in [4.78, 5) is 0. The van der Waals surface area contributed by atoms with Gasteiger partial charge in [-0.05, 0) is 25.0 Å². The van der Waals surface area contributed by atoms with Gasteiger partial charge in [-0.3, -0.25) is 0 Å². The molecule has 0 spiro atoms. The van der Waals surface area contributed by atoms with Crippen LogP contribution in [-0.4, -0.2) is 0 Å². The lowest BCUT2D eigenvalue weighted by Gasteiger charge is -2.02. The summed E-state index contributed by atoms with van der Waals surface area (Å²) in [6, 6.07) is 0.